The van der Waals surface area contributed by atoms with Gasteiger partial charge in [0.1, 0.15) is 11.5 Å². The molecule has 8 heteroatoms. The number of anilines is 1. The van der Waals surface area contributed by atoms with Gasteiger partial charge in [-0.25, -0.2) is 9.07 Å². The van der Waals surface area contributed by atoms with E-state index in [0.29, 0.717) is 11.4 Å². The summed E-state index contributed by atoms with van der Waals surface area (Å²) in [6, 6.07) is 10.3. The lowest BCUT2D eigenvalue weighted by molar-refractivity contribution is 0.102. The van der Waals surface area contributed by atoms with Crippen LogP contribution >= 0.6 is 0 Å². The summed E-state index contributed by atoms with van der Waals surface area (Å²) in [5, 5.41) is 18.4. The van der Waals surface area contributed by atoms with Crippen LogP contribution in [0.2, 0.25) is 0 Å². The van der Waals surface area contributed by atoms with E-state index in [9.17, 15) is 9.18 Å². The van der Waals surface area contributed by atoms with Crippen LogP contribution < -0.4 is 5.32 Å². The Morgan fingerprint density at radius 3 is 2.88 bits per heavy atom. The second-order valence-electron chi connectivity index (χ2n) is 5.98. The van der Waals surface area contributed by atoms with E-state index in [1.54, 1.807) is 38.2 Å². The molecule has 130 valence electrons. The lowest BCUT2D eigenvalue weighted by Gasteiger charge is -2.07. The first-order chi connectivity index (χ1) is 12.5. The average molecular weight is 350 g/mol. The number of aromatic nitrogens is 5. The molecule has 0 aliphatic heterocycles. The van der Waals surface area contributed by atoms with Crippen molar-refractivity contribution in [3.63, 3.8) is 0 Å². The summed E-state index contributed by atoms with van der Waals surface area (Å²) in [5.41, 5.74) is 2.92. The number of amides is 1. The highest BCUT2D eigenvalue weighted by atomic mass is 19.1. The van der Waals surface area contributed by atoms with Gasteiger partial charge >= 0.3 is 0 Å². The van der Waals surface area contributed by atoms with Crippen molar-refractivity contribution in [2.45, 2.75) is 13.8 Å². The smallest absolute Gasteiger partial charge is 0.278 e. The molecule has 4 rings (SSSR count). The Morgan fingerprint density at radius 2 is 2.08 bits per heavy atom. The molecule has 0 radical (unpaired) electrons. The lowest BCUT2D eigenvalue weighted by atomic mass is 10.2. The Morgan fingerprint density at radius 1 is 1.23 bits per heavy atom. The quantitative estimate of drug-likeness (QED) is 0.594. The van der Waals surface area contributed by atoms with Gasteiger partial charge in [-0.1, -0.05) is 23.4 Å². The van der Waals surface area contributed by atoms with Crippen molar-refractivity contribution >= 4 is 22.5 Å². The van der Waals surface area contributed by atoms with E-state index >= 15 is 0 Å². The van der Waals surface area contributed by atoms with Gasteiger partial charge < -0.3 is 5.32 Å². The van der Waals surface area contributed by atoms with Crippen LogP contribution in [0.1, 0.15) is 21.7 Å². The van der Waals surface area contributed by atoms with Crippen LogP contribution in [0.3, 0.4) is 0 Å². The molecule has 0 aliphatic carbocycles. The molecular formula is C18H15FN6O. The number of halogens is 1. The number of fused-ring (bicyclic) bond motifs is 1. The van der Waals surface area contributed by atoms with Crippen LogP contribution in [-0.4, -0.2) is 31.1 Å². The zero-order valence-corrected chi connectivity index (χ0v) is 14.1. The third kappa shape index (κ3) is 2.61. The van der Waals surface area contributed by atoms with Gasteiger partial charge in [-0.05, 0) is 37.6 Å². The van der Waals surface area contributed by atoms with Crippen molar-refractivity contribution in [3.05, 3.63) is 65.4 Å². The molecule has 0 saturated carbocycles. The van der Waals surface area contributed by atoms with Gasteiger partial charge in [-0.2, -0.15) is 5.10 Å². The van der Waals surface area contributed by atoms with Gasteiger partial charge in [-0.15, -0.1) is 5.10 Å². The highest BCUT2D eigenvalue weighted by molar-refractivity contribution is 6.07. The number of H-pyrrole nitrogens is 1. The number of para-hydroxylation sites is 1. The molecule has 0 aliphatic rings. The summed E-state index contributed by atoms with van der Waals surface area (Å²) in [6.45, 7) is 3.47. The van der Waals surface area contributed by atoms with E-state index < -0.39 is 11.7 Å². The largest absolute Gasteiger partial charge is 0.319 e. The zero-order chi connectivity index (χ0) is 18.3. The number of carbonyl (C=O) groups excluding carboxylic acids is 1. The highest BCUT2D eigenvalue weighted by Gasteiger charge is 2.20. The zero-order valence-electron chi connectivity index (χ0n) is 14.1. The highest BCUT2D eigenvalue weighted by Crippen LogP contribution is 2.22. The van der Waals surface area contributed by atoms with Crippen molar-refractivity contribution in [2.75, 3.05) is 5.32 Å². The van der Waals surface area contributed by atoms with E-state index in [4.69, 9.17) is 0 Å². The fourth-order valence-corrected chi connectivity index (χ4v) is 2.81. The molecule has 0 spiro atoms. The molecule has 26 heavy (non-hydrogen) atoms. The van der Waals surface area contributed by atoms with Gasteiger partial charge in [0.05, 0.1) is 23.1 Å². The molecule has 0 atom stereocenters. The summed E-state index contributed by atoms with van der Waals surface area (Å²) < 4.78 is 15.5. The maximum absolute atomic E-state index is 14.2. The predicted octanol–water partition coefficient (Wildman–Crippen LogP) is 3.15. The van der Waals surface area contributed by atoms with Crippen LogP contribution in [0.15, 0.2) is 42.6 Å². The number of aryl methyl sites for hydroxylation is 1. The number of rotatable bonds is 3. The number of nitrogens with zero attached hydrogens (tertiary/aromatic N) is 4. The van der Waals surface area contributed by atoms with Gasteiger partial charge in [-0.3, -0.25) is 9.89 Å². The Hall–Kier alpha value is -3.55. The molecular weight excluding hydrogens is 335 g/mol. The number of hydrogen-bond donors (Lipinski definition) is 2. The molecule has 2 aromatic heterocycles. The number of aromatic amines is 1. The summed E-state index contributed by atoms with van der Waals surface area (Å²) in [5.74, 6) is -0.851. The maximum Gasteiger partial charge on any atom is 0.278 e. The van der Waals surface area contributed by atoms with E-state index in [1.165, 1.54) is 10.7 Å². The van der Waals surface area contributed by atoms with Crippen molar-refractivity contribution < 1.29 is 9.18 Å². The van der Waals surface area contributed by atoms with Crippen molar-refractivity contribution in [3.8, 4) is 5.69 Å². The van der Waals surface area contributed by atoms with E-state index in [-0.39, 0.29) is 11.4 Å². The average Bonchev–Trinajstić information content (AvgIpc) is 3.22. The van der Waals surface area contributed by atoms with Crippen LogP contribution in [0, 0.1) is 19.7 Å². The Balaban J connectivity index is 1.67. The van der Waals surface area contributed by atoms with Crippen LogP contribution in [-0.2, 0) is 0 Å². The van der Waals surface area contributed by atoms with Crippen molar-refractivity contribution in [2.24, 2.45) is 0 Å². The summed E-state index contributed by atoms with van der Waals surface area (Å²) in [4.78, 5) is 12.6. The molecule has 2 heterocycles. The Bertz CT molecular complexity index is 1130. The predicted molar refractivity (Wildman–Crippen MR) is 94.8 cm³/mol. The fraction of sp³-hybridized carbons (Fsp3) is 0.111. The second-order valence-corrected chi connectivity index (χ2v) is 5.98. The SMILES string of the molecule is Cc1ccc(-n2nnc(C(=O)Nc3cccc4cn[nH]c34)c2C)c(F)c1. The van der Waals surface area contributed by atoms with Crippen LogP contribution in [0.5, 0.6) is 0 Å². The van der Waals surface area contributed by atoms with E-state index in [1.807, 2.05) is 12.1 Å². The molecule has 0 bridgehead atoms. The molecule has 0 saturated heterocycles. The Kier molecular flexibility index (Phi) is 3.72. The first kappa shape index (κ1) is 15.9. The minimum Gasteiger partial charge on any atom is -0.319 e. The summed E-state index contributed by atoms with van der Waals surface area (Å²) in [6.07, 6.45) is 1.67. The van der Waals surface area contributed by atoms with E-state index in [0.717, 1.165) is 16.5 Å². The lowest BCUT2D eigenvalue weighted by Crippen LogP contribution is -2.14. The molecule has 1 amide bonds. The fourth-order valence-electron chi connectivity index (χ4n) is 2.81. The van der Waals surface area contributed by atoms with Crippen LogP contribution in [0.25, 0.3) is 16.6 Å². The van der Waals surface area contributed by atoms with Gasteiger partial charge in [0, 0.05) is 5.39 Å². The standard InChI is InChI=1S/C18H15FN6O/c1-10-6-7-15(13(19)8-10)25-11(2)16(23-24-25)18(26)21-14-5-3-4-12-9-20-22-17(12)14/h3-9H,1-2H3,(H,20,22)(H,21,26). The molecule has 0 unspecified atom stereocenters. The number of benzene rings is 2. The first-order valence-electron chi connectivity index (χ1n) is 7.97. The maximum atomic E-state index is 14.2. The molecule has 4 aromatic rings. The molecule has 0 fully saturated rings. The van der Waals surface area contributed by atoms with Gasteiger partial charge in [0.2, 0.25) is 0 Å². The number of carbonyl (C=O) groups is 1. The third-order valence-electron chi connectivity index (χ3n) is 4.17. The van der Waals surface area contributed by atoms with Gasteiger partial charge in [0.25, 0.3) is 5.91 Å². The summed E-state index contributed by atoms with van der Waals surface area (Å²) >= 11 is 0. The minimum absolute atomic E-state index is 0.126. The number of hydrogen-bond acceptors (Lipinski definition) is 4. The first-order valence-corrected chi connectivity index (χ1v) is 7.97. The third-order valence-corrected chi connectivity index (χ3v) is 4.17. The van der Waals surface area contributed by atoms with Crippen molar-refractivity contribution in [1.29, 1.82) is 0 Å². The normalized spacial score (nSPS) is 11.0. The monoisotopic (exact) mass is 350 g/mol. The molecule has 7 nitrogen and oxygen atoms in total. The van der Waals surface area contributed by atoms with Crippen molar-refractivity contribution in [1.82, 2.24) is 25.2 Å². The van der Waals surface area contributed by atoms with Gasteiger partial charge in [0.15, 0.2) is 5.69 Å². The summed E-state index contributed by atoms with van der Waals surface area (Å²) in [7, 11) is 0. The topological polar surface area (TPSA) is 88.5 Å². The molecule has 2 N–H and O–H groups in total. The second kappa shape index (κ2) is 6.07. The Labute approximate surface area is 147 Å². The van der Waals surface area contributed by atoms with Crippen LogP contribution in [0.4, 0.5) is 10.1 Å². The molecule has 2 aromatic carbocycles. The minimum atomic E-state index is -0.427. The van der Waals surface area contributed by atoms with E-state index in [2.05, 4.69) is 25.8 Å². The number of nitrogens with one attached hydrogen (secondary N) is 2.